The van der Waals surface area contributed by atoms with Crippen molar-refractivity contribution < 1.29 is 23.6 Å². The Bertz CT molecular complexity index is 974. The molecule has 0 bridgehead atoms. The van der Waals surface area contributed by atoms with Crippen molar-refractivity contribution in [3.63, 3.8) is 0 Å². The zero-order valence-electron chi connectivity index (χ0n) is 13.8. The van der Waals surface area contributed by atoms with E-state index in [1.54, 1.807) is 6.07 Å². The Labute approximate surface area is 157 Å². The molecular weight excluding hydrogens is 381 g/mol. The maximum atomic E-state index is 13.4. The van der Waals surface area contributed by atoms with E-state index in [2.05, 4.69) is 4.74 Å². The van der Waals surface area contributed by atoms with Gasteiger partial charge in [-0.05, 0) is 24.3 Å². The number of nitrogens with zero attached hydrogens (tertiary/aromatic N) is 3. The lowest BCUT2D eigenvalue weighted by atomic mass is 10.1. The molecule has 0 saturated heterocycles. The van der Waals surface area contributed by atoms with Crippen LogP contribution >= 0.6 is 11.6 Å². The molecule has 0 saturated carbocycles. The van der Waals surface area contributed by atoms with Crippen LogP contribution in [0, 0.1) is 27.3 Å². The minimum absolute atomic E-state index is 0.0723. The fourth-order valence-corrected chi connectivity index (χ4v) is 2.43. The quantitative estimate of drug-likeness (QED) is 0.439. The van der Waals surface area contributed by atoms with E-state index in [-0.39, 0.29) is 27.5 Å². The molecule has 8 nitrogen and oxygen atoms in total. The lowest BCUT2D eigenvalue weighted by molar-refractivity contribution is -0.384. The van der Waals surface area contributed by atoms with Crippen molar-refractivity contribution in [1.82, 2.24) is 0 Å². The number of ether oxygens (including phenoxy) is 1. The van der Waals surface area contributed by atoms with E-state index in [0.717, 1.165) is 42.3 Å². The first-order chi connectivity index (χ1) is 12.8. The topological polar surface area (TPSA) is 114 Å². The molecule has 0 heterocycles. The van der Waals surface area contributed by atoms with Gasteiger partial charge in [0.1, 0.15) is 18.4 Å². The van der Waals surface area contributed by atoms with Crippen molar-refractivity contribution in [2.45, 2.75) is 0 Å². The summed E-state index contributed by atoms with van der Waals surface area (Å²) in [5, 5.41) is 20.1. The van der Waals surface area contributed by atoms with Gasteiger partial charge < -0.3 is 4.74 Å². The molecule has 0 radical (unpaired) electrons. The van der Waals surface area contributed by atoms with Crippen LogP contribution in [-0.4, -0.2) is 30.5 Å². The summed E-state index contributed by atoms with van der Waals surface area (Å²) in [7, 11) is 1.10. The number of halogens is 2. The molecule has 2 aromatic rings. The largest absolute Gasteiger partial charge is 0.468 e. The first-order valence-corrected chi connectivity index (χ1v) is 7.68. The van der Waals surface area contributed by atoms with Crippen LogP contribution in [-0.2, 0) is 9.53 Å². The number of nitro benzene ring substituents is 1. The second-order valence-corrected chi connectivity index (χ2v) is 5.57. The number of esters is 1. The van der Waals surface area contributed by atoms with Crippen LogP contribution in [0.4, 0.5) is 15.8 Å². The highest BCUT2D eigenvalue weighted by Gasteiger charge is 2.27. The van der Waals surface area contributed by atoms with Gasteiger partial charge in [-0.1, -0.05) is 11.6 Å². The Morgan fingerprint density at radius 1 is 1.33 bits per heavy atom. The number of non-ortho nitro benzene ring substituents is 1. The minimum atomic E-state index is -0.891. The van der Waals surface area contributed by atoms with Gasteiger partial charge in [-0.3, -0.25) is 24.6 Å². The molecule has 10 heteroatoms. The highest BCUT2D eigenvalue weighted by Crippen LogP contribution is 2.28. The molecule has 0 atom stereocenters. The Balaban J connectivity index is 2.60. The van der Waals surface area contributed by atoms with E-state index in [1.165, 1.54) is 6.07 Å². The number of carbonyl (C=O) groups excluding carboxylic acids is 2. The van der Waals surface area contributed by atoms with Gasteiger partial charge in [0, 0.05) is 12.1 Å². The van der Waals surface area contributed by atoms with Crippen molar-refractivity contribution >= 4 is 34.9 Å². The average molecular weight is 392 g/mol. The van der Waals surface area contributed by atoms with E-state index >= 15 is 0 Å². The first-order valence-electron chi connectivity index (χ1n) is 7.30. The molecule has 2 rings (SSSR count). The fraction of sp³-hybridized carbons (Fsp3) is 0.118. The maximum Gasteiger partial charge on any atom is 0.325 e. The third-order valence-electron chi connectivity index (χ3n) is 3.52. The normalized spacial score (nSPS) is 10.0. The molecule has 0 aromatic heterocycles. The predicted molar refractivity (Wildman–Crippen MR) is 92.9 cm³/mol. The van der Waals surface area contributed by atoms with Crippen molar-refractivity contribution in [2.24, 2.45) is 0 Å². The molecule has 0 fully saturated rings. The van der Waals surface area contributed by atoms with Crippen molar-refractivity contribution in [3.05, 3.63) is 68.5 Å². The van der Waals surface area contributed by atoms with Crippen LogP contribution in [0.5, 0.6) is 0 Å². The zero-order chi connectivity index (χ0) is 20.1. The number of carbonyl (C=O) groups is 2. The SMILES string of the molecule is COC(=O)CN(C(=O)c1cc([N+](=O)[O-])ccc1Cl)c1ccc(F)cc1C#N. The summed E-state index contributed by atoms with van der Waals surface area (Å²) in [4.78, 5) is 35.8. The van der Waals surface area contributed by atoms with Crippen molar-refractivity contribution in [3.8, 4) is 6.07 Å². The molecule has 0 aliphatic heterocycles. The van der Waals surface area contributed by atoms with Crippen molar-refractivity contribution in [2.75, 3.05) is 18.6 Å². The maximum absolute atomic E-state index is 13.4. The first kappa shape index (κ1) is 19.8. The monoisotopic (exact) mass is 391 g/mol. The molecule has 0 aliphatic rings. The predicted octanol–water partition coefficient (Wildman–Crippen LogP) is 3.08. The summed E-state index contributed by atoms with van der Waals surface area (Å²) in [5.41, 5.74) is -0.936. The number of hydrogen-bond donors (Lipinski definition) is 0. The third kappa shape index (κ3) is 4.37. The molecule has 0 unspecified atom stereocenters. The Kier molecular flexibility index (Phi) is 6.05. The number of nitro groups is 1. The van der Waals surface area contributed by atoms with E-state index in [1.807, 2.05) is 0 Å². The summed E-state index contributed by atoms with van der Waals surface area (Å²) < 4.78 is 18.0. The molecule has 0 spiro atoms. The van der Waals surface area contributed by atoms with E-state index in [4.69, 9.17) is 11.6 Å². The lowest BCUT2D eigenvalue weighted by Crippen LogP contribution is -2.37. The number of benzene rings is 2. The van der Waals surface area contributed by atoms with Gasteiger partial charge in [0.05, 0.1) is 33.9 Å². The van der Waals surface area contributed by atoms with E-state index in [0.29, 0.717) is 0 Å². The standard InChI is InChI=1S/C17H11ClFN3O5/c1-27-16(23)9-21(15-5-2-11(19)6-10(15)8-20)17(24)13-7-12(22(25)26)3-4-14(13)18/h2-7H,9H2,1H3. The van der Waals surface area contributed by atoms with Gasteiger partial charge in [-0.2, -0.15) is 5.26 Å². The molecule has 1 amide bonds. The number of amides is 1. The third-order valence-corrected chi connectivity index (χ3v) is 3.85. The van der Waals surface area contributed by atoms with Gasteiger partial charge in [0.2, 0.25) is 0 Å². The average Bonchev–Trinajstić information content (AvgIpc) is 2.65. The number of rotatable bonds is 5. The van der Waals surface area contributed by atoms with Crippen LogP contribution in [0.2, 0.25) is 5.02 Å². The Morgan fingerprint density at radius 2 is 2.04 bits per heavy atom. The van der Waals surface area contributed by atoms with Crippen molar-refractivity contribution in [1.29, 1.82) is 5.26 Å². The molecule has 0 aliphatic carbocycles. The number of hydrogen-bond acceptors (Lipinski definition) is 6. The lowest BCUT2D eigenvalue weighted by Gasteiger charge is -2.23. The van der Waals surface area contributed by atoms with Crippen LogP contribution in [0.1, 0.15) is 15.9 Å². The summed E-state index contributed by atoms with van der Waals surface area (Å²) in [6, 6.07) is 7.99. The zero-order valence-corrected chi connectivity index (χ0v) is 14.6. The van der Waals surface area contributed by atoms with Crippen LogP contribution < -0.4 is 4.90 Å². The van der Waals surface area contributed by atoms with Crippen LogP contribution in [0.3, 0.4) is 0 Å². The van der Waals surface area contributed by atoms with E-state index in [9.17, 15) is 29.4 Å². The van der Waals surface area contributed by atoms with Crippen LogP contribution in [0.15, 0.2) is 36.4 Å². The van der Waals surface area contributed by atoms with Gasteiger partial charge >= 0.3 is 5.97 Å². The highest BCUT2D eigenvalue weighted by molar-refractivity contribution is 6.34. The summed E-state index contributed by atoms with van der Waals surface area (Å²) in [6.07, 6.45) is 0. The molecule has 2 aromatic carbocycles. The summed E-state index contributed by atoms with van der Waals surface area (Å²) >= 11 is 5.99. The van der Waals surface area contributed by atoms with Gasteiger partial charge in [-0.25, -0.2) is 4.39 Å². The van der Waals surface area contributed by atoms with Gasteiger partial charge in [0.15, 0.2) is 0 Å². The fourth-order valence-electron chi connectivity index (χ4n) is 2.23. The smallest absolute Gasteiger partial charge is 0.325 e. The Hall–Kier alpha value is -3.51. The number of anilines is 1. The van der Waals surface area contributed by atoms with Crippen LogP contribution in [0.25, 0.3) is 0 Å². The van der Waals surface area contributed by atoms with E-state index < -0.39 is 29.2 Å². The summed E-state index contributed by atoms with van der Waals surface area (Å²) in [5.74, 6) is -2.43. The summed E-state index contributed by atoms with van der Waals surface area (Å²) in [6.45, 7) is -0.616. The molecule has 27 heavy (non-hydrogen) atoms. The minimum Gasteiger partial charge on any atom is -0.468 e. The van der Waals surface area contributed by atoms with Gasteiger partial charge in [0.25, 0.3) is 11.6 Å². The molecular formula is C17H11ClFN3O5. The second kappa shape index (κ2) is 8.25. The highest BCUT2D eigenvalue weighted by atomic mass is 35.5. The number of methoxy groups -OCH3 is 1. The Morgan fingerprint density at radius 3 is 2.63 bits per heavy atom. The number of nitriles is 1. The van der Waals surface area contributed by atoms with Gasteiger partial charge in [-0.15, -0.1) is 0 Å². The second-order valence-electron chi connectivity index (χ2n) is 5.16. The molecule has 0 N–H and O–H groups in total. The molecule has 138 valence electrons.